The van der Waals surface area contributed by atoms with Crippen LogP contribution in [0.15, 0.2) is 31.4 Å². The van der Waals surface area contributed by atoms with Gasteiger partial charge in [0.25, 0.3) is 0 Å². The molecule has 0 spiro atoms. The minimum atomic E-state index is 0.774. The molecular weight excluding hydrogens is 162 g/mol. The van der Waals surface area contributed by atoms with E-state index in [1.165, 1.54) is 5.56 Å². The zero-order valence-corrected chi connectivity index (χ0v) is 7.97. The molecule has 0 bridgehead atoms. The fourth-order valence-electron chi connectivity index (χ4n) is 1.25. The highest BCUT2D eigenvalue weighted by atomic mass is 16.5. The molecule has 2 heteroatoms. The molecule has 70 valence electrons. The Morgan fingerprint density at radius 3 is 2.92 bits per heavy atom. The van der Waals surface area contributed by atoms with Crippen molar-refractivity contribution in [3.8, 4) is 5.75 Å². The summed E-state index contributed by atoms with van der Waals surface area (Å²) in [5.74, 6) is 0.974. The summed E-state index contributed by atoms with van der Waals surface area (Å²) in [6, 6.07) is 6.18. The number of rotatable bonds is 0. The van der Waals surface area contributed by atoms with Gasteiger partial charge in [0.1, 0.15) is 12.4 Å². The molecule has 0 aliphatic carbocycles. The fourth-order valence-corrected chi connectivity index (χ4v) is 1.25. The molecule has 0 radical (unpaired) electrons. The molecule has 1 heterocycles. The summed E-state index contributed by atoms with van der Waals surface area (Å²) in [6.07, 6.45) is 0. The Balaban J connectivity index is 0.000000396. The van der Waals surface area contributed by atoms with Gasteiger partial charge in [0, 0.05) is 6.54 Å². The van der Waals surface area contributed by atoms with E-state index in [1.807, 2.05) is 6.07 Å². The zero-order chi connectivity index (χ0) is 9.68. The maximum Gasteiger partial charge on any atom is 0.142 e. The van der Waals surface area contributed by atoms with E-state index in [0.29, 0.717) is 0 Å². The van der Waals surface area contributed by atoms with Crippen molar-refractivity contribution >= 4 is 5.69 Å². The van der Waals surface area contributed by atoms with Gasteiger partial charge in [-0.1, -0.05) is 6.07 Å². The van der Waals surface area contributed by atoms with Gasteiger partial charge in [0.2, 0.25) is 0 Å². The van der Waals surface area contributed by atoms with E-state index in [9.17, 15) is 0 Å². The lowest BCUT2D eigenvalue weighted by Crippen LogP contribution is -2.17. The standard InChI is InChI=1S/C9H11NO.C2H4/c1-7-2-3-9-8(6-7)10-4-5-11-9;1-2/h2-3,6,10H,4-5H2,1H3;1-2H2. The summed E-state index contributed by atoms with van der Waals surface area (Å²) >= 11 is 0. The second-order valence-electron chi connectivity index (χ2n) is 2.77. The van der Waals surface area contributed by atoms with Crippen molar-refractivity contribution in [2.75, 3.05) is 18.5 Å². The highest BCUT2D eigenvalue weighted by Gasteiger charge is 2.07. The normalized spacial score (nSPS) is 12.7. The molecule has 2 nitrogen and oxygen atoms in total. The van der Waals surface area contributed by atoms with Crippen LogP contribution in [0.1, 0.15) is 5.56 Å². The molecule has 1 aromatic rings. The maximum absolute atomic E-state index is 5.42. The van der Waals surface area contributed by atoms with E-state index in [2.05, 4.69) is 37.5 Å². The molecular formula is C11H15NO. The number of hydrogen-bond donors (Lipinski definition) is 1. The third kappa shape index (κ3) is 2.25. The quantitative estimate of drug-likeness (QED) is 0.615. The molecule has 0 atom stereocenters. The first-order valence-electron chi connectivity index (χ1n) is 4.33. The smallest absolute Gasteiger partial charge is 0.142 e. The van der Waals surface area contributed by atoms with Crippen molar-refractivity contribution in [1.82, 2.24) is 0 Å². The number of aryl methyl sites for hydroxylation is 1. The number of ether oxygens (including phenoxy) is 1. The molecule has 1 aromatic carbocycles. The molecule has 1 aliphatic heterocycles. The molecule has 2 rings (SSSR count). The Kier molecular flexibility index (Phi) is 3.38. The van der Waals surface area contributed by atoms with Crippen LogP contribution in [-0.2, 0) is 0 Å². The van der Waals surface area contributed by atoms with E-state index >= 15 is 0 Å². The first-order chi connectivity index (χ1) is 6.36. The third-order valence-electron chi connectivity index (χ3n) is 1.81. The lowest BCUT2D eigenvalue weighted by atomic mass is 10.2. The molecule has 0 unspecified atom stereocenters. The summed E-state index contributed by atoms with van der Waals surface area (Å²) in [5, 5.41) is 3.28. The summed E-state index contributed by atoms with van der Waals surface area (Å²) in [7, 11) is 0. The Hall–Kier alpha value is -1.44. The minimum Gasteiger partial charge on any atom is -0.490 e. The lowest BCUT2D eigenvalue weighted by molar-refractivity contribution is 0.323. The summed E-state index contributed by atoms with van der Waals surface area (Å²) in [6.45, 7) is 9.77. The first kappa shape index (κ1) is 9.65. The second kappa shape index (κ2) is 4.55. The third-order valence-corrected chi connectivity index (χ3v) is 1.81. The van der Waals surface area contributed by atoms with E-state index in [-0.39, 0.29) is 0 Å². The number of benzene rings is 1. The highest BCUT2D eigenvalue weighted by molar-refractivity contribution is 5.59. The van der Waals surface area contributed by atoms with E-state index in [0.717, 1.165) is 24.6 Å². The van der Waals surface area contributed by atoms with Gasteiger partial charge in [0.15, 0.2) is 0 Å². The second-order valence-corrected chi connectivity index (χ2v) is 2.77. The van der Waals surface area contributed by atoms with Crippen molar-refractivity contribution in [1.29, 1.82) is 0 Å². The maximum atomic E-state index is 5.42. The molecule has 0 amide bonds. The topological polar surface area (TPSA) is 21.3 Å². The van der Waals surface area contributed by atoms with E-state index in [1.54, 1.807) is 0 Å². The van der Waals surface area contributed by atoms with Crippen LogP contribution in [0.25, 0.3) is 0 Å². The van der Waals surface area contributed by atoms with Gasteiger partial charge in [-0.15, -0.1) is 13.2 Å². The largest absolute Gasteiger partial charge is 0.490 e. The predicted molar refractivity (Wildman–Crippen MR) is 56.4 cm³/mol. The summed E-state index contributed by atoms with van der Waals surface area (Å²) in [5.41, 5.74) is 2.39. The van der Waals surface area contributed by atoms with Gasteiger partial charge < -0.3 is 10.1 Å². The van der Waals surface area contributed by atoms with Gasteiger partial charge in [-0.25, -0.2) is 0 Å². The van der Waals surface area contributed by atoms with Crippen LogP contribution in [0.5, 0.6) is 5.75 Å². The van der Waals surface area contributed by atoms with Crippen molar-refractivity contribution in [2.45, 2.75) is 6.92 Å². The van der Waals surface area contributed by atoms with Crippen LogP contribution >= 0.6 is 0 Å². The van der Waals surface area contributed by atoms with Crippen LogP contribution < -0.4 is 10.1 Å². The minimum absolute atomic E-state index is 0.774. The highest BCUT2D eigenvalue weighted by Crippen LogP contribution is 2.27. The summed E-state index contributed by atoms with van der Waals surface area (Å²) < 4.78 is 5.42. The average Bonchev–Trinajstić information content (AvgIpc) is 2.21. The zero-order valence-electron chi connectivity index (χ0n) is 7.97. The molecule has 13 heavy (non-hydrogen) atoms. The molecule has 0 saturated heterocycles. The van der Waals surface area contributed by atoms with Crippen LogP contribution in [-0.4, -0.2) is 13.2 Å². The van der Waals surface area contributed by atoms with Gasteiger partial charge >= 0.3 is 0 Å². The Morgan fingerprint density at radius 2 is 2.15 bits per heavy atom. The molecule has 0 aromatic heterocycles. The van der Waals surface area contributed by atoms with E-state index < -0.39 is 0 Å². The van der Waals surface area contributed by atoms with Crippen LogP contribution in [0, 0.1) is 6.92 Å². The first-order valence-corrected chi connectivity index (χ1v) is 4.33. The molecule has 1 N–H and O–H groups in total. The van der Waals surface area contributed by atoms with Crippen LogP contribution in [0.3, 0.4) is 0 Å². The van der Waals surface area contributed by atoms with Crippen LogP contribution in [0.2, 0.25) is 0 Å². The molecule has 0 saturated carbocycles. The van der Waals surface area contributed by atoms with E-state index in [4.69, 9.17) is 4.74 Å². The number of anilines is 1. The Morgan fingerprint density at radius 1 is 1.38 bits per heavy atom. The predicted octanol–water partition coefficient (Wildman–Crippen LogP) is 2.60. The van der Waals surface area contributed by atoms with Crippen molar-refractivity contribution in [2.24, 2.45) is 0 Å². The van der Waals surface area contributed by atoms with Crippen molar-refractivity contribution in [3.63, 3.8) is 0 Å². The number of nitrogens with one attached hydrogen (secondary N) is 1. The van der Waals surface area contributed by atoms with Crippen LogP contribution in [0.4, 0.5) is 5.69 Å². The van der Waals surface area contributed by atoms with Crippen molar-refractivity contribution < 1.29 is 4.74 Å². The lowest BCUT2D eigenvalue weighted by Gasteiger charge is -2.18. The average molecular weight is 177 g/mol. The monoisotopic (exact) mass is 177 g/mol. The van der Waals surface area contributed by atoms with Gasteiger partial charge in [-0.05, 0) is 24.6 Å². The Bertz CT molecular complexity index is 283. The fraction of sp³-hybridized carbons (Fsp3) is 0.273. The number of fused-ring (bicyclic) bond motifs is 1. The van der Waals surface area contributed by atoms with Crippen molar-refractivity contribution in [3.05, 3.63) is 36.9 Å². The Labute approximate surface area is 79.2 Å². The summed E-state index contributed by atoms with van der Waals surface area (Å²) in [4.78, 5) is 0. The van der Waals surface area contributed by atoms with Gasteiger partial charge in [-0.3, -0.25) is 0 Å². The number of hydrogen-bond acceptors (Lipinski definition) is 2. The van der Waals surface area contributed by atoms with Gasteiger partial charge in [0.05, 0.1) is 5.69 Å². The molecule has 1 aliphatic rings. The SMILES string of the molecule is C=C.Cc1ccc2c(c1)NCCO2. The molecule has 0 fully saturated rings. The van der Waals surface area contributed by atoms with Gasteiger partial charge in [-0.2, -0.15) is 0 Å².